The van der Waals surface area contributed by atoms with Crippen molar-refractivity contribution < 1.29 is 0 Å². The molecule has 4 nitrogen and oxygen atoms in total. The summed E-state index contributed by atoms with van der Waals surface area (Å²) in [6, 6.07) is 56.8. The lowest BCUT2D eigenvalue weighted by atomic mass is 9.75. The number of guanidine groups is 1. The van der Waals surface area contributed by atoms with Crippen LogP contribution < -0.4 is 0 Å². The van der Waals surface area contributed by atoms with Crippen LogP contribution in [0.4, 0.5) is 0 Å². The third kappa shape index (κ3) is 4.79. The zero-order valence-electron chi connectivity index (χ0n) is 25.9. The number of halogens is 2. The molecule has 2 aliphatic rings. The minimum atomic E-state index is -1.03. The molecule has 232 valence electrons. The molecule has 0 aromatic heterocycles. The molecule has 3 unspecified atom stereocenters. The average molecular weight is 662 g/mol. The summed E-state index contributed by atoms with van der Waals surface area (Å²) in [5.74, 6) is 0.528. The maximum Gasteiger partial charge on any atom is 0.228 e. The van der Waals surface area contributed by atoms with Gasteiger partial charge in [0, 0.05) is 21.2 Å². The second-order valence-corrected chi connectivity index (χ2v) is 12.7. The maximum absolute atomic E-state index is 7.07. The first kappa shape index (κ1) is 30.1. The Balaban J connectivity index is 1.43. The van der Waals surface area contributed by atoms with E-state index in [1.807, 2.05) is 109 Å². The van der Waals surface area contributed by atoms with E-state index in [0.29, 0.717) is 16.0 Å². The highest BCUT2D eigenvalue weighted by molar-refractivity contribution is 6.33. The highest BCUT2D eigenvalue weighted by Gasteiger charge is 2.54. The fraction of sp³-hybridized carbons (Fsp3) is 0.0714. The highest BCUT2D eigenvalue weighted by atomic mass is 35.5. The number of nitrogens with zero attached hydrogens (tertiary/aromatic N) is 4. The third-order valence-electron chi connectivity index (χ3n) is 9.23. The topological polar surface area (TPSA) is 40.3 Å². The quantitative estimate of drug-likeness (QED) is 0.175. The lowest BCUT2D eigenvalue weighted by Crippen LogP contribution is -2.40. The molecule has 6 aromatic rings. The normalized spacial score (nSPS) is 21.6. The van der Waals surface area contributed by atoms with Gasteiger partial charge in [0.15, 0.2) is 5.54 Å². The molecular formula is C42H30Cl2N4. The molecular weight excluding hydrogens is 631 g/mol. The first-order chi connectivity index (χ1) is 23.6. The van der Waals surface area contributed by atoms with E-state index >= 15 is 0 Å². The van der Waals surface area contributed by atoms with Gasteiger partial charge in [-0.1, -0.05) is 181 Å². The monoisotopic (exact) mass is 660 g/mol. The molecule has 3 atom stereocenters. The molecule has 0 bridgehead atoms. The van der Waals surface area contributed by atoms with Crippen molar-refractivity contribution >= 4 is 41.2 Å². The van der Waals surface area contributed by atoms with E-state index in [0.717, 1.165) is 39.1 Å². The van der Waals surface area contributed by atoms with Crippen LogP contribution in [0.15, 0.2) is 185 Å². The Labute approximate surface area is 290 Å². The maximum atomic E-state index is 7.07. The van der Waals surface area contributed by atoms with Gasteiger partial charge < -0.3 is 0 Å². The molecule has 0 aliphatic carbocycles. The molecule has 0 fully saturated rings. The van der Waals surface area contributed by atoms with E-state index in [-0.39, 0.29) is 6.04 Å². The van der Waals surface area contributed by atoms with Gasteiger partial charge in [-0.3, -0.25) is 9.89 Å². The van der Waals surface area contributed by atoms with Gasteiger partial charge in [0.05, 0.1) is 18.1 Å². The summed E-state index contributed by atoms with van der Waals surface area (Å²) < 4.78 is 0. The molecule has 0 radical (unpaired) electrons. The number of benzene rings is 6. The summed E-state index contributed by atoms with van der Waals surface area (Å²) >= 11 is 14.1. The summed E-state index contributed by atoms with van der Waals surface area (Å²) in [5, 5.41) is 1.25. The Hall–Kier alpha value is -5.29. The van der Waals surface area contributed by atoms with E-state index in [9.17, 15) is 0 Å². The van der Waals surface area contributed by atoms with Gasteiger partial charge >= 0.3 is 0 Å². The molecule has 6 heteroatoms. The Kier molecular flexibility index (Phi) is 7.76. The lowest BCUT2D eigenvalue weighted by molar-refractivity contribution is 0.344. The van der Waals surface area contributed by atoms with Crippen molar-refractivity contribution in [2.45, 2.75) is 17.1 Å². The van der Waals surface area contributed by atoms with Gasteiger partial charge in [0.1, 0.15) is 5.54 Å². The molecule has 6 aromatic carbocycles. The summed E-state index contributed by atoms with van der Waals surface area (Å²) in [6.07, 6.45) is 1.88. The van der Waals surface area contributed by atoms with Crippen molar-refractivity contribution in [2.24, 2.45) is 15.0 Å². The van der Waals surface area contributed by atoms with Crippen LogP contribution >= 0.6 is 23.2 Å². The van der Waals surface area contributed by atoms with E-state index in [1.54, 1.807) is 0 Å². The average Bonchev–Trinajstić information content (AvgIpc) is 3.75. The van der Waals surface area contributed by atoms with E-state index < -0.39 is 11.1 Å². The van der Waals surface area contributed by atoms with Crippen molar-refractivity contribution in [3.63, 3.8) is 0 Å². The van der Waals surface area contributed by atoms with Gasteiger partial charge in [-0.2, -0.15) is 0 Å². The zero-order valence-corrected chi connectivity index (χ0v) is 27.4. The van der Waals surface area contributed by atoms with Crippen LogP contribution in [0, 0.1) is 0 Å². The third-order valence-corrected chi connectivity index (χ3v) is 9.89. The molecule has 0 spiro atoms. The number of rotatable bonds is 6. The van der Waals surface area contributed by atoms with Crippen molar-refractivity contribution in [3.05, 3.63) is 213 Å². The molecule has 0 saturated heterocycles. The molecule has 0 saturated carbocycles. The SMILES string of the molecule is Clc1ccccc1C1(c2ccccc2)N=C(N2C=NC(c3ccccc3)(c3ccccc3Cl)C2c2ccccc2)N=C1c1ccccc1. The van der Waals surface area contributed by atoms with Crippen molar-refractivity contribution in [2.75, 3.05) is 0 Å². The van der Waals surface area contributed by atoms with Crippen molar-refractivity contribution in [3.8, 4) is 0 Å². The first-order valence-corrected chi connectivity index (χ1v) is 16.6. The minimum Gasteiger partial charge on any atom is -0.291 e. The van der Waals surface area contributed by atoms with Gasteiger partial charge in [0.2, 0.25) is 5.96 Å². The smallest absolute Gasteiger partial charge is 0.228 e. The van der Waals surface area contributed by atoms with Crippen molar-refractivity contribution in [1.82, 2.24) is 4.90 Å². The van der Waals surface area contributed by atoms with Gasteiger partial charge in [-0.25, -0.2) is 9.98 Å². The second-order valence-electron chi connectivity index (χ2n) is 11.9. The standard InChI is InChI=1S/C42H30Cl2N4/c43-36-27-15-13-25-34(36)41(32-21-9-3-10-22-32)38(30-17-5-1-6-18-30)46-40(47-41)48-29-45-42(33-23-11-4-12-24-33,35-26-14-16-28-37(35)44)39(48)31-19-7-2-8-20-31/h1-29,39H. The predicted octanol–water partition coefficient (Wildman–Crippen LogP) is 10.1. The Morgan fingerprint density at radius 3 is 1.62 bits per heavy atom. The Bertz CT molecular complexity index is 2170. The molecule has 8 rings (SSSR count). The van der Waals surface area contributed by atoms with Crippen molar-refractivity contribution in [1.29, 1.82) is 0 Å². The Morgan fingerprint density at radius 1 is 0.521 bits per heavy atom. The summed E-state index contributed by atoms with van der Waals surface area (Å²) in [4.78, 5) is 18.6. The first-order valence-electron chi connectivity index (χ1n) is 15.9. The van der Waals surface area contributed by atoms with Crippen LogP contribution in [0.3, 0.4) is 0 Å². The van der Waals surface area contributed by atoms with Gasteiger partial charge in [0.25, 0.3) is 0 Å². The van der Waals surface area contributed by atoms with Crippen LogP contribution in [0.1, 0.15) is 39.4 Å². The van der Waals surface area contributed by atoms with Gasteiger partial charge in [-0.15, -0.1) is 0 Å². The highest BCUT2D eigenvalue weighted by Crippen LogP contribution is 2.53. The molecule has 0 N–H and O–H groups in total. The molecule has 2 aliphatic heterocycles. The fourth-order valence-electron chi connectivity index (χ4n) is 7.14. The summed E-state index contributed by atoms with van der Waals surface area (Å²) in [5.41, 5.74) is 4.57. The van der Waals surface area contributed by atoms with E-state index in [1.165, 1.54) is 0 Å². The number of hydrogen-bond acceptors (Lipinski definition) is 4. The fourth-order valence-corrected chi connectivity index (χ4v) is 7.69. The zero-order chi connectivity index (χ0) is 32.6. The number of hydrogen-bond donors (Lipinski definition) is 0. The Morgan fingerprint density at radius 2 is 1.02 bits per heavy atom. The second kappa shape index (κ2) is 12.4. The van der Waals surface area contributed by atoms with Crippen LogP contribution in [0.5, 0.6) is 0 Å². The molecule has 2 heterocycles. The molecule has 0 amide bonds. The lowest BCUT2D eigenvalue weighted by Gasteiger charge is -2.38. The number of aliphatic imine (C=N–C) groups is 3. The van der Waals surface area contributed by atoms with Crippen LogP contribution in [0.2, 0.25) is 10.0 Å². The van der Waals surface area contributed by atoms with Crippen LogP contribution in [0.25, 0.3) is 0 Å². The largest absolute Gasteiger partial charge is 0.291 e. The predicted molar refractivity (Wildman–Crippen MR) is 197 cm³/mol. The van der Waals surface area contributed by atoms with E-state index in [2.05, 4.69) is 71.6 Å². The summed E-state index contributed by atoms with van der Waals surface area (Å²) in [6.45, 7) is 0. The van der Waals surface area contributed by atoms with Crippen LogP contribution in [-0.2, 0) is 11.1 Å². The molecule has 48 heavy (non-hydrogen) atoms. The van der Waals surface area contributed by atoms with E-state index in [4.69, 9.17) is 38.2 Å². The summed E-state index contributed by atoms with van der Waals surface area (Å²) in [7, 11) is 0. The minimum absolute atomic E-state index is 0.377. The van der Waals surface area contributed by atoms with Crippen LogP contribution in [-0.4, -0.2) is 22.9 Å². The van der Waals surface area contributed by atoms with Gasteiger partial charge in [-0.05, 0) is 34.4 Å².